The Hall–Kier alpha value is -2.48. The molecule has 1 saturated heterocycles. The molecule has 0 radical (unpaired) electrons. The van der Waals surface area contributed by atoms with E-state index < -0.39 is 17.7 Å². The van der Waals surface area contributed by atoms with Crippen LogP contribution in [0.1, 0.15) is 18.4 Å². The third kappa shape index (κ3) is 5.03. The van der Waals surface area contributed by atoms with Gasteiger partial charge in [-0.05, 0) is 48.9 Å². The monoisotopic (exact) mass is 395 g/mol. The lowest BCUT2D eigenvalue weighted by Gasteiger charge is -2.15. The van der Waals surface area contributed by atoms with E-state index in [1.165, 1.54) is 12.1 Å². The lowest BCUT2D eigenvalue weighted by atomic mass is 10.2. The molecule has 1 aliphatic heterocycles. The molecule has 0 spiro atoms. The van der Waals surface area contributed by atoms with Crippen LogP contribution in [0.5, 0.6) is 5.75 Å². The summed E-state index contributed by atoms with van der Waals surface area (Å²) in [5.41, 5.74) is -0.0106. The van der Waals surface area contributed by atoms with Crippen molar-refractivity contribution in [2.75, 3.05) is 17.2 Å². The smallest absolute Gasteiger partial charge is 0.416 e. The number of halogens is 3. The summed E-state index contributed by atoms with van der Waals surface area (Å²) in [6.45, 7) is 0.672. The van der Waals surface area contributed by atoms with Gasteiger partial charge in [0.15, 0.2) is 0 Å². The van der Waals surface area contributed by atoms with E-state index in [1.807, 2.05) is 0 Å². The third-order valence-electron chi connectivity index (χ3n) is 3.97. The van der Waals surface area contributed by atoms with Crippen molar-refractivity contribution in [3.05, 3.63) is 54.1 Å². The fraction of sp³-hybridized carbons (Fsp3) is 0.263. The molecule has 0 aliphatic carbocycles. The Morgan fingerprint density at radius 3 is 2.52 bits per heavy atom. The Morgan fingerprint density at radius 1 is 1.15 bits per heavy atom. The highest BCUT2D eigenvalue weighted by Crippen LogP contribution is 2.32. The number of rotatable bonds is 5. The van der Waals surface area contributed by atoms with E-state index >= 15 is 0 Å². The second-order valence-electron chi connectivity index (χ2n) is 5.93. The predicted octanol–water partition coefficient (Wildman–Crippen LogP) is 4.53. The molecule has 8 heteroatoms. The molecule has 0 N–H and O–H groups in total. The van der Waals surface area contributed by atoms with E-state index in [4.69, 9.17) is 4.74 Å². The van der Waals surface area contributed by atoms with E-state index in [0.29, 0.717) is 23.6 Å². The first kappa shape index (κ1) is 19.3. The fourth-order valence-electron chi connectivity index (χ4n) is 2.68. The highest BCUT2D eigenvalue weighted by Gasteiger charge is 2.30. The van der Waals surface area contributed by atoms with Gasteiger partial charge in [0, 0.05) is 23.5 Å². The van der Waals surface area contributed by atoms with Crippen molar-refractivity contribution < 1.29 is 27.5 Å². The van der Waals surface area contributed by atoms with Crippen LogP contribution in [0.25, 0.3) is 0 Å². The molecule has 27 heavy (non-hydrogen) atoms. The maximum absolute atomic E-state index is 12.7. The maximum atomic E-state index is 12.7. The summed E-state index contributed by atoms with van der Waals surface area (Å²) in [4.78, 5) is 25.7. The number of carbonyl (C=O) groups excluding carboxylic acids is 2. The molecule has 1 heterocycles. The number of benzene rings is 2. The van der Waals surface area contributed by atoms with Crippen LogP contribution in [-0.4, -0.2) is 24.2 Å². The number of alkyl halides is 3. The van der Waals surface area contributed by atoms with E-state index in [2.05, 4.69) is 0 Å². The maximum Gasteiger partial charge on any atom is 0.416 e. The first-order valence-electron chi connectivity index (χ1n) is 8.24. The number of carbonyl (C=O) groups is 2. The topological polar surface area (TPSA) is 46.6 Å². The molecule has 2 aromatic carbocycles. The van der Waals surface area contributed by atoms with Crippen LogP contribution < -0.4 is 9.64 Å². The Balaban J connectivity index is 1.54. The normalized spacial score (nSPS) is 14.5. The van der Waals surface area contributed by atoms with Crippen LogP contribution in [0.3, 0.4) is 0 Å². The van der Waals surface area contributed by atoms with Gasteiger partial charge in [0.05, 0.1) is 11.3 Å². The average Bonchev–Trinajstić information content (AvgIpc) is 3.06. The van der Waals surface area contributed by atoms with Crippen molar-refractivity contribution in [1.29, 1.82) is 0 Å². The Morgan fingerprint density at radius 2 is 1.89 bits per heavy atom. The van der Waals surface area contributed by atoms with Gasteiger partial charge in [-0.1, -0.05) is 6.07 Å². The van der Waals surface area contributed by atoms with Gasteiger partial charge in [0.25, 0.3) is 0 Å². The molecular weight excluding hydrogens is 379 g/mol. The summed E-state index contributed by atoms with van der Waals surface area (Å²) in [6, 6.07) is 11.4. The van der Waals surface area contributed by atoms with Crippen molar-refractivity contribution in [3.8, 4) is 5.75 Å². The number of hydrogen-bond donors (Lipinski definition) is 0. The van der Waals surface area contributed by atoms with Crippen molar-refractivity contribution >= 4 is 29.3 Å². The van der Waals surface area contributed by atoms with Gasteiger partial charge in [-0.15, -0.1) is 11.8 Å². The number of amides is 1. The molecule has 4 nitrogen and oxygen atoms in total. The Labute approximate surface area is 158 Å². The van der Waals surface area contributed by atoms with Gasteiger partial charge in [-0.2, -0.15) is 13.2 Å². The Kier molecular flexibility index (Phi) is 5.74. The van der Waals surface area contributed by atoms with Crippen LogP contribution >= 0.6 is 11.8 Å². The second-order valence-corrected chi connectivity index (χ2v) is 6.98. The van der Waals surface area contributed by atoms with E-state index in [0.717, 1.165) is 36.0 Å². The zero-order valence-corrected chi connectivity index (χ0v) is 15.0. The highest BCUT2D eigenvalue weighted by atomic mass is 32.2. The summed E-state index contributed by atoms with van der Waals surface area (Å²) in [7, 11) is 0. The van der Waals surface area contributed by atoms with Crippen LogP contribution in [0.4, 0.5) is 18.9 Å². The summed E-state index contributed by atoms with van der Waals surface area (Å²) in [5.74, 6) is -0.298. The third-order valence-corrected chi connectivity index (χ3v) is 4.94. The first-order chi connectivity index (χ1) is 12.8. The van der Waals surface area contributed by atoms with Crippen molar-refractivity contribution in [2.24, 2.45) is 0 Å². The summed E-state index contributed by atoms with van der Waals surface area (Å²) >= 11 is 0.974. The SMILES string of the molecule is O=C(CSc1cccc(C(F)(F)F)c1)Oc1ccc(N2CCCC2=O)cc1. The number of anilines is 1. The molecule has 0 atom stereocenters. The second kappa shape index (κ2) is 8.04. The van der Waals surface area contributed by atoms with Gasteiger partial charge < -0.3 is 9.64 Å². The fourth-order valence-corrected chi connectivity index (χ4v) is 3.41. The molecule has 0 aromatic heterocycles. The minimum absolute atomic E-state index is 0.0669. The van der Waals surface area contributed by atoms with Crippen molar-refractivity contribution in [1.82, 2.24) is 0 Å². The summed E-state index contributed by atoms with van der Waals surface area (Å²) in [5, 5.41) is 0. The highest BCUT2D eigenvalue weighted by molar-refractivity contribution is 8.00. The minimum atomic E-state index is -4.42. The van der Waals surface area contributed by atoms with Crippen LogP contribution in [-0.2, 0) is 15.8 Å². The summed E-state index contributed by atoms with van der Waals surface area (Å²) < 4.78 is 43.3. The van der Waals surface area contributed by atoms with E-state index in [-0.39, 0.29) is 11.7 Å². The van der Waals surface area contributed by atoms with Gasteiger partial charge >= 0.3 is 12.1 Å². The van der Waals surface area contributed by atoms with Gasteiger partial charge in [0.1, 0.15) is 5.75 Å². The van der Waals surface area contributed by atoms with E-state index in [9.17, 15) is 22.8 Å². The zero-order valence-electron chi connectivity index (χ0n) is 14.2. The van der Waals surface area contributed by atoms with Crippen LogP contribution in [0, 0.1) is 0 Å². The van der Waals surface area contributed by atoms with Gasteiger partial charge in [-0.3, -0.25) is 9.59 Å². The summed E-state index contributed by atoms with van der Waals surface area (Å²) in [6.07, 6.45) is -3.07. The molecule has 0 bridgehead atoms. The lowest BCUT2D eigenvalue weighted by molar-refractivity contribution is -0.137. The average molecular weight is 395 g/mol. The number of ether oxygens (including phenoxy) is 1. The number of thioether (sulfide) groups is 1. The van der Waals surface area contributed by atoms with Crippen LogP contribution in [0.15, 0.2) is 53.4 Å². The first-order valence-corrected chi connectivity index (χ1v) is 9.23. The van der Waals surface area contributed by atoms with Crippen LogP contribution in [0.2, 0.25) is 0 Å². The molecule has 1 amide bonds. The van der Waals surface area contributed by atoms with Gasteiger partial charge in [-0.25, -0.2) is 0 Å². The molecular formula is C19H16F3NO3S. The van der Waals surface area contributed by atoms with Crippen molar-refractivity contribution in [2.45, 2.75) is 23.9 Å². The minimum Gasteiger partial charge on any atom is -0.426 e. The molecule has 2 aromatic rings. The number of nitrogens with zero attached hydrogens (tertiary/aromatic N) is 1. The van der Waals surface area contributed by atoms with Gasteiger partial charge in [0.2, 0.25) is 5.91 Å². The quantitative estimate of drug-likeness (QED) is 0.424. The molecule has 0 saturated carbocycles. The molecule has 142 valence electrons. The van der Waals surface area contributed by atoms with E-state index in [1.54, 1.807) is 29.2 Å². The molecule has 1 aliphatic rings. The largest absolute Gasteiger partial charge is 0.426 e. The number of hydrogen-bond acceptors (Lipinski definition) is 4. The standard InChI is InChI=1S/C19H16F3NO3S/c20-19(21,22)13-3-1-4-16(11-13)27-12-18(25)26-15-8-6-14(7-9-15)23-10-2-5-17(23)24/h1,3-4,6-9,11H,2,5,10,12H2. The molecule has 1 fully saturated rings. The Bertz CT molecular complexity index is 837. The predicted molar refractivity (Wildman–Crippen MR) is 95.8 cm³/mol. The number of esters is 1. The van der Waals surface area contributed by atoms with Crippen molar-refractivity contribution in [3.63, 3.8) is 0 Å². The lowest BCUT2D eigenvalue weighted by Crippen LogP contribution is -2.23. The molecule has 0 unspecified atom stereocenters. The molecule has 3 rings (SSSR count). The zero-order chi connectivity index (χ0) is 19.4.